The van der Waals surface area contributed by atoms with E-state index in [4.69, 9.17) is 4.74 Å². The van der Waals surface area contributed by atoms with Gasteiger partial charge in [0.1, 0.15) is 5.76 Å². The molecule has 5 heteroatoms. The van der Waals surface area contributed by atoms with Crippen LogP contribution in [0.5, 0.6) is 0 Å². The number of ketones is 2. The fourth-order valence-corrected chi connectivity index (χ4v) is 3.13. The average Bonchev–Trinajstić information content (AvgIpc) is 2.60. The fourth-order valence-electron chi connectivity index (χ4n) is 3.13. The molecule has 1 unspecified atom stereocenters. The number of carbonyl (C=O) groups excluding carboxylic acids is 3. The van der Waals surface area contributed by atoms with Gasteiger partial charge in [-0.1, -0.05) is 18.2 Å². The molecule has 5 nitrogen and oxygen atoms in total. The Balaban J connectivity index is 1.66. The summed E-state index contributed by atoms with van der Waals surface area (Å²) in [6, 6.07) is 7.92. The molecule has 1 atom stereocenters. The molecule has 25 heavy (non-hydrogen) atoms. The highest BCUT2D eigenvalue weighted by Gasteiger charge is 2.36. The number of hydrogen-bond donors (Lipinski definition) is 0. The van der Waals surface area contributed by atoms with Crippen molar-refractivity contribution in [1.82, 2.24) is 0 Å². The molecule has 0 bridgehead atoms. The smallest absolute Gasteiger partial charge is 0.329 e. The zero-order valence-corrected chi connectivity index (χ0v) is 14.2. The summed E-state index contributed by atoms with van der Waals surface area (Å²) in [6.07, 6.45) is 7.80. The summed E-state index contributed by atoms with van der Waals surface area (Å²) in [5.74, 6) is -3.05. The minimum Gasteiger partial charge on any atom is -0.430 e. The second-order valence-electron chi connectivity index (χ2n) is 6.39. The number of rotatable bonds is 4. The third kappa shape index (κ3) is 4.05. The lowest BCUT2D eigenvalue weighted by Gasteiger charge is -2.28. The first-order valence-corrected chi connectivity index (χ1v) is 8.55. The van der Waals surface area contributed by atoms with Crippen molar-refractivity contribution in [3.05, 3.63) is 47.7 Å². The number of ether oxygens (including phenoxy) is 1. The van der Waals surface area contributed by atoms with Crippen molar-refractivity contribution in [2.45, 2.75) is 26.2 Å². The van der Waals surface area contributed by atoms with Gasteiger partial charge in [0.25, 0.3) is 0 Å². The Morgan fingerprint density at radius 2 is 1.80 bits per heavy atom. The largest absolute Gasteiger partial charge is 0.430 e. The summed E-state index contributed by atoms with van der Waals surface area (Å²) < 4.78 is 4.87. The Kier molecular flexibility index (Phi) is 5.12. The maximum atomic E-state index is 12.2. The maximum Gasteiger partial charge on any atom is 0.329 e. The molecule has 0 amide bonds. The molecule has 130 valence electrons. The Labute approximate surface area is 147 Å². The van der Waals surface area contributed by atoms with Crippen molar-refractivity contribution < 1.29 is 19.1 Å². The first-order valence-electron chi connectivity index (χ1n) is 8.55. The Bertz CT molecular complexity index is 739. The van der Waals surface area contributed by atoms with Crippen molar-refractivity contribution in [3.8, 4) is 0 Å². The van der Waals surface area contributed by atoms with E-state index in [-0.39, 0.29) is 5.76 Å². The number of allylic oxidation sites excluding steroid dienone is 3. The van der Waals surface area contributed by atoms with Gasteiger partial charge < -0.3 is 9.64 Å². The van der Waals surface area contributed by atoms with Crippen LogP contribution in [0.25, 0.3) is 6.08 Å². The van der Waals surface area contributed by atoms with Crippen molar-refractivity contribution in [2.24, 2.45) is 5.92 Å². The van der Waals surface area contributed by atoms with E-state index in [1.54, 1.807) is 6.08 Å². The lowest BCUT2D eigenvalue weighted by atomic mass is 9.96. The van der Waals surface area contributed by atoms with Crippen molar-refractivity contribution in [1.29, 1.82) is 0 Å². The van der Waals surface area contributed by atoms with Crippen LogP contribution in [0, 0.1) is 5.92 Å². The van der Waals surface area contributed by atoms with E-state index in [9.17, 15) is 14.4 Å². The zero-order chi connectivity index (χ0) is 17.8. The normalized spacial score (nSPS) is 21.2. The van der Waals surface area contributed by atoms with Gasteiger partial charge in [0.2, 0.25) is 0 Å². The molecule has 0 radical (unpaired) electrons. The molecular weight excluding hydrogens is 318 g/mol. The highest BCUT2D eigenvalue weighted by molar-refractivity contribution is 6.25. The van der Waals surface area contributed by atoms with Gasteiger partial charge in [0, 0.05) is 24.9 Å². The fraction of sp³-hybridized carbons (Fsp3) is 0.350. The first kappa shape index (κ1) is 17.1. The number of benzene rings is 1. The number of nitrogens with zero attached hydrogens (tertiary/aromatic N) is 1. The summed E-state index contributed by atoms with van der Waals surface area (Å²) >= 11 is 0. The topological polar surface area (TPSA) is 63.7 Å². The Hall–Kier alpha value is -2.69. The van der Waals surface area contributed by atoms with Crippen LogP contribution in [-0.4, -0.2) is 30.6 Å². The van der Waals surface area contributed by atoms with Crippen LogP contribution in [-0.2, 0) is 19.1 Å². The molecule has 3 rings (SSSR count). The van der Waals surface area contributed by atoms with Gasteiger partial charge >= 0.3 is 5.97 Å². The number of anilines is 1. The molecule has 2 aliphatic heterocycles. The molecule has 0 aliphatic carbocycles. The lowest BCUT2D eigenvalue weighted by molar-refractivity contribution is -0.151. The van der Waals surface area contributed by atoms with Crippen LogP contribution in [0.15, 0.2) is 42.2 Å². The second kappa shape index (κ2) is 7.47. The predicted molar refractivity (Wildman–Crippen MR) is 94.9 cm³/mol. The van der Waals surface area contributed by atoms with E-state index in [1.807, 2.05) is 24.3 Å². The number of hydrogen-bond acceptors (Lipinski definition) is 5. The number of esters is 1. The lowest BCUT2D eigenvalue weighted by Crippen LogP contribution is -2.34. The molecule has 1 saturated heterocycles. The monoisotopic (exact) mass is 339 g/mol. The standard InChI is InChI=1S/C20H21NO4/c1-14-13-18(23)19(20(24)25-14)17(22)10-7-15-5-8-16(9-6-15)21-11-3-2-4-12-21/h5-10,13,19H,2-4,11-12H2,1H3/b10-7+. The van der Waals surface area contributed by atoms with E-state index in [1.165, 1.54) is 44.0 Å². The number of piperidine rings is 1. The zero-order valence-electron chi connectivity index (χ0n) is 14.2. The molecule has 0 aromatic heterocycles. The van der Waals surface area contributed by atoms with Crippen LogP contribution < -0.4 is 4.90 Å². The maximum absolute atomic E-state index is 12.2. The van der Waals surface area contributed by atoms with E-state index < -0.39 is 23.5 Å². The minimum atomic E-state index is -1.38. The SMILES string of the molecule is CC1=CC(=O)C(C(=O)/C=C/c2ccc(N3CCCCC3)cc2)C(=O)O1. The molecule has 0 spiro atoms. The Morgan fingerprint density at radius 3 is 2.44 bits per heavy atom. The second-order valence-corrected chi connectivity index (χ2v) is 6.39. The van der Waals surface area contributed by atoms with Gasteiger partial charge in [-0.2, -0.15) is 0 Å². The molecule has 2 heterocycles. The van der Waals surface area contributed by atoms with E-state index in [0.717, 1.165) is 18.7 Å². The van der Waals surface area contributed by atoms with E-state index in [2.05, 4.69) is 4.90 Å². The van der Waals surface area contributed by atoms with E-state index in [0.29, 0.717) is 0 Å². The van der Waals surface area contributed by atoms with Gasteiger partial charge in [-0.3, -0.25) is 14.4 Å². The first-order chi connectivity index (χ1) is 12.0. The third-order valence-corrected chi connectivity index (χ3v) is 4.47. The van der Waals surface area contributed by atoms with Crippen LogP contribution in [0.3, 0.4) is 0 Å². The summed E-state index contributed by atoms with van der Waals surface area (Å²) in [5, 5.41) is 0. The van der Waals surface area contributed by atoms with Gasteiger partial charge in [0.15, 0.2) is 17.5 Å². The quantitative estimate of drug-likeness (QED) is 0.479. The van der Waals surface area contributed by atoms with E-state index >= 15 is 0 Å². The summed E-state index contributed by atoms with van der Waals surface area (Å²) in [6.45, 7) is 3.66. The molecule has 1 fully saturated rings. The Morgan fingerprint density at radius 1 is 1.12 bits per heavy atom. The molecule has 0 saturated carbocycles. The average molecular weight is 339 g/mol. The van der Waals surface area contributed by atoms with Crippen molar-refractivity contribution in [2.75, 3.05) is 18.0 Å². The molecule has 2 aliphatic rings. The molecule has 1 aromatic carbocycles. The number of carbonyl (C=O) groups is 3. The van der Waals surface area contributed by atoms with Gasteiger partial charge in [-0.25, -0.2) is 0 Å². The predicted octanol–water partition coefficient (Wildman–Crippen LogP) is 2.91. The van der Waals surface area contributed by atoms with Crippen LogP contribution in [0.2, 0.25) is 0 Å². The number of cyclic esters (lactones) is 1. The molecular formula is C20H21NO4. The highest BCUT2D eigenvalue weighted by atomic mass is 16.5. The van der Waals surface area contributed by atoms with Gasteiger partial charge in [0.05, 0.1) is 0 Å². The van der Waals surface area contributed by atoms with Gasteiger partial charge in [-0.15, -0.1) is 0 Å². The minimum absolute atomic E-state index is 0.219. The third-order valence-electron chi connectivity index (χ3n) is 4.47. The van der Waals surface area contributed by atoms with Crippen molar-refractivity contribution in [3.63, 3.8) is 0 Å². The highest BCUT2D eigenvalue weighted by Crippen LogP contribution is 2.21. The van der Waals surface area contributed by atoms with Crippen LogP contribution in [0.4, 0.5) is 5.69 Å². The summed E-state index contributed by atoms with van der Waals surface area (Å²) in [5.41, 5.74) is 2.02. The summed E-state index contributed by atoms with van der Waals surface area (Å²) in [4.78, 5) is 38.1. The molecule has 1 aromatic rings. The summed E-state index contributed by atoms with van der Waals surface area (Å²) in [7, 11) is 0. The van der Waals surface area contributed by atoms with Crippen LogP contribution in [0.1, 0.15) is 31.7 Å². The molecule has 0 N–H and O–H groups in total. The van der Waals surface area contributed by atoms with Crippen LogP contribution >= 0.6 is 0 Å². The van der Waals surface area contributed by atoms with Gasteiger partial charge in [-0.05, 0) is 50.0 Å². The van der Waals surface area contributed by atoms with Crippen molar-refractivity contribution >= 4 is 29.3 Å².